The first-order valence-corrected chi connectivity index (χ1v) is 7.56. The van der Waals surface area contributed by atoms with Crippen molar-refractivity contribution in [2.45, 2.75) is 18.4 Å². The van der Waals surface area contributed by atoms with Crippen LogP contribution >= 0.6 is 0 Å². The second kappa shape index (κ2) is 5.90. The SMILES string of the molecule is CCNS(=O)(=O)c1ccc(NCc2ccc[nH]2)cc1. The van der Waals surface area contributed by atoms with Gasteiger partial charge in [0.1, 0.15) is 0 Å². The highest BCUT2D eigenvalue weighted by Gasteiger charge is 2.11. The summed E-state index contributed by atoms with van der Waals surface area (Å²) in [5.41, 5.74) is 1.95. The third-order valence-electron chi connectivity index (χ3n) is 2.64. The van der Waals surface area contributed by atoms with Crippen LogP contribution in [0.1, 0.15) is 12.6 Å². The molecule has 0 saturated carbocycles. The number of H-pyrrole nitrogens is 1. The molecule has 0 atom stereocenters. The molecule has 0 radical (unpaired) electrons. The number of aromatic amines is 1. The lowest BCUT2D eigenvalue weighted by Gasteiger charge is -2.07. The Morgan fingerprint density at radius 1 is 1.16 bits per heavy atom. The first-order chi connectivity index (χ1) is 9.12. The fraction of sp³-hybridized carbons (Fsp3) is 0.231. The third kappa shape index (κ3) is 3.59. The second-order valence-electron chi connectivity index (χ2n) is 4.07. The number of benzene rings is 1. The highest BCUT2D eigenvalue weighted by atomic mass is 32.2. The van der Waals surface area contributed by atoms with Gasteiger partial charge in [0.05, 0.1) is 11.4 Å². The fourth-order valence-corrected chi connectivity index (χ4v) is 2.74. The lowest BCUT2D eigenvalue weighted by molar-refractivity contribution is 0.584. The Kier molecular flexibility index (Phi) is 4.24. The molecule has 0 aliphatic heterocycles. The second-order valence-corrected chi connectivity index (χ2v) is 5.84. The molecule has 0 bridgehead atoms. The molecule has 6 heteroatoms. The zero-order chi connectivity index (χ0) is 13.7. The number of hydrogen-bond acceptors (Lipinski definition) is 3. The van der Waals surface area contributed by atoms with Crippen LogP contribution in [-0.4, -0.2) is 19.9 Å². The van der Waals surface area contributed by atoms with E-state index in [0.717, 1.165) is 11.4 Å². The molecule has 19 heavy (non-hydrogen) atoms. The summed E-state index contributed by atoms with van der Waals surface area (Å²) in [7, 11) is -3.37. The molecule has 0 aliphatic carbocycles. The molecule has 0 fully saturated rings. The Bertz CT molecular complexity index is 604. The van der Waals surface area contributed by atoms with Gasteiger partial charge in [0, 0.05) is 24.1 Å². The Labute approximate surface area is 113 Å². The summed E-state index contributed by atoms with van der Waals surface area (Å²) in [6.07, 6.45) is 1.86. The van der Waals surface area contributed by atoms with Crippen molar-refractivity contribution in [1.29, 1.82) is 0 Å². The highest BCUT2D eigenvalue weighted by molar-refractivity contribution is 7.89. The normalized spacial score (nSPS) is 11.4. The zero-order valence-corrected chi connectivity index (χ0v) is 11.5. The van der Waals surface area contributed by atoms with Crippen LogP contribution in [0, 0.1) is 0 Å². The molecule has 1 aromatic heterocycles. The van der Waals surface area contributed by atoms with Gasteiger partial charge in [-0.15, -0.1) is 0 Å². The van der Waals surface area contributed by atoms with Crippen LogP contribution in [0.5, 0.6) is 0 Å². The molecule has 2 rings (SSSR count). The van der Waals surface area contributed by atoms with Crippen molar-refractivity contribution in [3.05, 3.63) is 48.3 Å². The van der Waals surface area contributed by atoms with Gasteiger partial charge >= 0.3 is 0 Å². The van der Waals surface area contributed by atoms with Crippen molar-refractivity contribution < 1.29 is 8.42 Å². The topological polar surface area (TPSA) is 74.0 Å². The predicted octanol–water partition coefficient (Wildman–Crippen LogP) is 1.92. The standard InChI is InChI=1S/C13H17N3O2S/c1-2-16-19(17,18)13-7-5-11(6-8-13)15-10-12-4-3-9-14-12/h3-9,14-16H,2,10H2,1H3. The molecule has 3 N–H and O–H groups in total. The Morgan fingerprint density at radius 3 is 2.47 bits per heavy atom. The number of anilines is 1. The number of nitrogens with one attached hydrogen (secondary N) is 3. The van der Waals surface area contributed by atoms with Crippen molar-refractivity contribution in [2.24, 2.45) is 0 Å². The van der Waals surface area contributed by atoms with Crippen LogP contribution in [-0.2, 0) is 16.6 Å². The van der Waals surface area contributed by atoms with E-state index in [0.29, 0.717) is 13.1 Å². The minimum absolute atomic E-state index is 0.278. The van der Waals surface area contributed by atoms with Gasteiger partial charge in [-0.05, 0) is 36.4 Å². The van der Waals surface area contributed by atoms with Crippen molar-refractivity contribution in [2.75, 3.05) is 11.9 Å². The van der Waals surface area contributed by atoms with Gasteiger partial charge in [-0.1, -0.05) is 6.92 Å². The van der Waals surface area contributed by atoms with Crippen LogP contribution in [0.3, 0.4) is 0 Å². The van der Waals surface area contributed by atoms with Crippen molar-refractivity contribution in [3.8, 4) is 0 Å². The molecule has 0 amide bonds. The van der Waals surface area contributed by atoms with Gasteiger partial charge in [-0.3, -0.25) is 0 Å². The number of hydrogen-bond donors (Lipinski definition) is 3. The van der Waals surface area contributed by atoms with Crippen molar-refractivity contribution in [1.82, 2.24) is 9.71 Å². The molecule has 0 aliphatic rings. The van der Waals surface area contributed by atoms with E-state index < -0.39 is 10.0 Å². The van der Waals surface area contributed by atoms with Crippen LogP contribution in [0.15, 0.2) is 47.5 Å². The van der Waals surface area contributed by atoms with Crippen LogP contribution in [0.25, 0.3) is 0 Å². The molecule has 5 nitrogen and oxygen atoms in total. The average Bonchev–Trinajstić information content (AvgIpc) is 2.90. The predicted molar refractivity (Wildman–Crippen MR) is 75.4 cm³/mol. The van der Waals surface area contributed by atoms with Crippen LogP contribution < -0.4 is 10.0 Å². The van der Waals surface area contributed by atoms with E-state index in [1.165, 1.54) is 0 Å². The molecule has 0 saturated heterocycles. The lowest BCUT2D eigenvalue weighted by atomic mass is 10.3. The maximum atomic E-state index is 11.8. The minimum Gasteiger partial charge on any atom is -0.379 e. The lowest BCUT2D eigenvalue weighted by Crippen LogP contribution is -2.23. The molecule has 2 aromatic rings. The minimum atomic E-state index is -3.37. The smallest absolute Gasteiger partial charge is 0.240 e. The van der Waals surface area contributed by atoms with E-state index in [2.05, 4.69) is 15.0 Å². The quantitative estimate of drug-likeness (QED) is 0.756. The number of sulfonamides is 1. The van der Waals surface area contributed by atoms with Crippen molar-refractivity contribution in [3.63, 3.8) is 0 Å². The summed E-state index contributed by atoms with van der Waals surface area (Å²) < 4.78 is 26.0. The van der Waals surface area contributed by atoms with Gasteiger partial charge in [0.15, 0.2) is 0 Å². The Balaban J connectivity index is 2.02. The van der Waals surface area contributed by atoms with E-state index in [4.69, 9.17) is 0 Å². The Morgan fingerprint density at radius 2 is 1.89 bits per heavy atom. The van der Waals surface area contributed by atoms with E-state index in [1.54, 1.807) is 31.2 Å². The van der Waals surface area contributed by atoms with Gasteiger partial charge in [0.25, 0.3) is 0 Å². The summed E-state index contributed by atoms with van der Waals surface area (Å²) in [6.45, 7) is 2.81. The molecular weight excluding hydrogens is 262 g/mol. The summed E-state index contributed by atoms with van der Waals surface area (Å²) in [4.78, 5) is 3.37. The van der Waals surface area contributed by atoms with E-state index >= 15 is 0 Å². The van der Waals surface area contributed by atoms with E-state index in [1.807, 2.05) is 18.3 Å². The maximum absolute atomic E-state index is 11.8. The number of aromatic nitrogens is 1. The van der Waals surface area contributed by atoms with Crippen molar-refractivity contribution >= 4 is 15.7 Å². The van der Waals surface area contributed by atoms with Gasteiger partial charge < -0.3 is 10.3 Å². The summed E-state index contributed by atoms with van der Waals surface area (Å²) >= 11 is 0. The van der Waals surface area contributed by atoms with E-state index in [-0.39, 0.29) is 4.90 Å². The Hall–Kier alpha value is -1.79. The largest absolute Gasteiger partial charge is 0.379 e. The third-order valence-corrected chi connectivity index (χ3v) is 4.21. The molecular formula is C13H17N3O2S. The summed E-state index contributed by atoms with van der Waals surface area (Å²) in [6, 6.07) is 10.6. The highest BCUT2D eigenvalue weighted by Crippen LogP contribution is 2.14. The molecule has 0 unspecified atom stereocenters. The van der Waals surface area contributed by atoms with Gasteiger partial charge in [0.2, 0.25) is 10.0 Å². The fourth-order valence-electron chi connectivity index (χ4n) is 1.70. The van der Waals surface area contributed by atoms with E-state index in [9.17, 15) is 8.42 Å². The van der Waals surface area contributed by atoms with Gasteiger partial charge in [-0.25, -0.2) is 13.1 Å². The van der Waals surface area contributed by atoms with Crippen LogP contribution in [0.4, 0.5) is 5.69 Å². The molecule has 0 spiro atoms. The first-order valence-electron chi connectivity index (χ1n) is 6.07. The summed E-state index contributed by atoms with van der Waals surface area (Å²) in [5.74, 6) is 0. The summed E-state index contributed by atoms with van der Waals surface area (Å²) in [5, 5.41) is 3.21. The zero-order valence-electron chi connectivity index (χ0n) is 10.7. The average molecular weight is 279 g/mol. The maximum Gasteiger partial charge on any atom is 0.240 e. The van der Waals surface area contributed by atoms with Crippen LogP contribution in [0.2, 0.25) is 0 Å². The molecule has 102 valence electrons. The first kappa shape index (κ1) is 13.6. The van der Waals surface area contributed by atoms with Gasteiger partial charge in [-0.2, -0.15) is 0 Å². The monoisotopic (exact) mass is 279 g/mol. The molecule has 1 aromatic carbocycles. The molecule has 1 heterocycles. The number of rotatable bonds is 6.